The van der Waals surface area contributed by atoms with Crippen molar-refractivity contribution in [2.45, 2.75) is 12.2 Å². The molecule has 0 fully saturated rings. The van der Waals surface area contributed by atoms with Gasteiger partial charge in [-0.05, 0) is 17.7 Å². The summed E-state index contributed by atoms with van der Waals surface area (Å²) in [6.45, 7) is 0.939. The number of methoxy groups -OCH3 is 1. The van der Waals surface area contributed by atoms with Crippen LogP contribution in [-0.4, -0.2) is 26.9 Å². The molecule has 0 amide bonds. The summed E-state index contributed by atoms with van der Waals surface area (Å²) in [4.78, 5) is 0. The molecule has 1 aromatic carbocycles. The van der Waals surface area contributed by atoms with Gasteiger partial charge in [0.15, 0.2) is 0 Å². The molecule has 0 aliphatic carbocycles. The molecule has 0 heterocycles. The lowest BCUT2D eigenvalue weighted by Crippen LogP contribution is -2.32. The summed E-state index contributed by atoms with van der Waals surface area (Å²) < 4.78 is 47.8. The summed E-state index contributed by atoms with van der Waals surface area (Å²) in [5.41, 5.74) is 2.16. The van der Waals surface area contributed by atoms with E-state index in [-0.39, 0.29) is 6.61 Å². The van der Waals surface area contributed by atoms with Crippen LogP contribution in [0.1, 0.15) is 17.2 Å². The molecular weight excluding hydrogens is 261 g/mol. The average molecular weight is 278 g/mol. The minimum Gasteiger partial charge on any atom is -0.382 e. The highest BCUT2D eigenvalue weighted by molar-refractivity contribution is 5.28. The Labute approximate surface area is 109 Å². The van der Waals surface area contributed by atoms with Crippen molar-refractivity contribution < 1.29 is 22.6 Å². The molecule has 1 rings (SSSR count). The number of hydrogen-bond donors (Lipinski definition) is 2. The smallest absolute Gasteiger partial charge is 0.382 e. The van der Waals surface area contributed by atoms with E-state index in [2.05, 4.69) is 5.43 Å². The molecule has 1 aromatic rings. The zero-order valence-corrected chi connectivity index (χ0v) is 10.5. The van der Waals surface area contributed by atoms with Crippen molar-refractivity contribution in [1.29, 1.82) is 0 Å². The monoisotopic (exact) mass is 278 g/mol. The summed E-state index contributed by atoms with van der Waals surface area (Å²) in [6.07, 6.45) is -4.37. The van der Waals surface area contributed by atoms with E-state index in [1.165, 1.54) is 13.2 Å². The summed E-state index contributed by atoms with van der Waals surface area (Å²) in [5, 5.41) is 0. The number of ether oxygens (including phenoxy) is 2. The van der Waals surface area contributed by atoms with E-state index in [1.54, 1.807) is 6.07 Å². The molecule has 0 aliphatic rings. The van der Waals surface area contributed by atoms with E-state index < -0.39 is 17.8 Å². The average Bonchev–Trinajstić information content (AvgIpc) is 2.38. The zero-order valence-electron chi connectivity index (χ0n) is 10.5. The number of nitrogens with two attached hydrogens (primary N) is 1. The first-order chi connectivity index (χ1) is 8.99. The highest BCUT2D eigenvalue weighted by Gasteiger charge is 2.30. The lowest BCUT2D eigenvalue weighted by Gasteiger charge is -2.18. The highest BCUT2D eigenvalue weighted by Crippen LogP contribution is 2.30. The van der Waals surface area contributed by atoms with Crippen molar-refractivity contribution in [2.75, 3.05) is 26.9 Å². The lowest BCUT2D eigenvalue weighted by atomic mass is 10.0. The van der Waals surface area contributed by atoms with Gasteiger partial charge in [0.05, 0.1) is 31.4 Å². The molecule has 0 radical (unpaired) electrons. The number of hydrogen-bond acceptors (Lipinski definition) is 4. The van der Waals surface area contributed by atoms with Gasteiger partial charge in [0.2, 0.25) is 0 Å². The van der Waals surface area contributed by atoms with Crippen LogP contribution in [0.25, 0.3) is 0 Å². The van der Waals surface area contributed by atoms with Crippen LogP contribution in [0.5, 0.6) is 0 Å². The third-order valence-corrected chi connectivity index (χ3v) is 2.53. The van der Waals surface area contributed by atoms with Crippen LogP contribution in [-0.2, 0) is 15.7 Å². The Morgan fingerprint density at radius 3 is 2.63 bits per heavy atom. The van der Waals surface area contributed by atoms with E-state index in [0.717, 1.165) is 12.1 Å². The molecule has 0 aliphatic heterocycles. The molecule has 0 bridgehead atoms. The molecule has 1 atom stereocenters. The van der Waals surface area contributed by atoms with Gasteiger partial charge in [0.1, 0.15) is 0 Å². The third-order valence-electron chi connectivity index (χ3n) is 2.53. The molecule has 108 valence electrons. The molecule has 0 saturated heterocycles. The Morgan fingerprint density at radius 2 is 2.05 bits per heavy atom. The zero-order chi connectivity index (χ0) is 14.3. The fourth-order valence-corrected chi connectivity index (χ4v) is 1.52. The molecule has 7 heteroatoms. The first-order valence-corrected chi connectivity index (χ1v) is 5.69. The third kappa shape index (κ3) is 5.15. The Bertz CT molecular complexity index is 385. The topological polar surface area (TPSA) is 56.5 Å². The van der Waals surface area contributed by atoms with Crippen LogP contribution in [0.15, 0.2) is 24.3 Å². The van der Waals surface area contributed by atoms with Gasteiger partial charge in [0.25, 0.3) is 0 Å². The minimum absolute atomic E-state index is 0.168. The Kier molecular flexibility index (Phi) is 6.23. The number of halogens is 3. The number of hydrazine groups is 1. The second kappa shape index (κ2) is 7.44. The van der Waals surface area contributed by atoms with E-state index >= 15 is 0 Å². The second-order valence-corrected chi connectivity index (χ2v) is 3.91. The van der Waals surface area contributed by atoms with Gasteiger partial charge in [-0.2, -0.15) is 13.2 Å². The fraction of sp³-hybridized carbons (Fsp3) is 0.500. The first-order valence-electron chi connectivity index (χ1n) is 5.69. The van der Waals surface area contributed by atoms with E-state index in [1.807, 2.05) is 0 Å². The lowest BCUT2D eigenvalue weighted by molar-refractivity contribution is -0.137. The second-order valence-electron chi connectivity index (χ2n) is 3.91. The minimum atomic E-state index is -4.37. The Balaban J connectivity index is 2.70. The first kappa shape index (κ1) is 15.9. The predicted octanol–water partition coefficient (Wildman–Crippen LogP) is 1.87. The molecular formula is C12H17F3N2O2. The molecule has 19 heavy (non-hydrogen) atoms. The van der Waals surface area contributed by atoms with E-state index in [0.29, 0.717) is 18.8 Å². The van der Waals surface area contributed by atoms with Gasteiger partial charge in [-0.1, -0.05) is 12.1 Å². The van der Waals surface area contributed by atoms with Crippen LogP contribution in [0, 0.1) is 0 Å². The Morgan fingerprint density at radius 1 is 1.32 bits per heavy atom. The standard InChI is InChI=1S/C12H17F3N2O2/c1-18-5-6-19-8-11(17-16)9-3-2-4-10(7-9)12(13,14)15/h2-4,7,11,17H,5-6,8,16H2,1H3. The van der Waals surface area contributed by atoms with Crippen molar-refractivity contribution in [2.24, 2.45) is 5.84 Å². The van der Waals surface area contributed by atoms with Crippen molar-refractivity contribution in [3.8, 4) is 0 Å². The van der Waals surface area contributed by atoms with Crippen LogP contribution in [0.4, 0.5) is 13.2 Å². The highest BCUT2D eigenvalue weighted by atomic mass is 19.4. The van der Waals surface area contributed by atoms with Crippen LogP contribution < -0.4 is 11.3 Å². The van der Waals surface area contributed by atoms with Crippen LogP contribution in [0.2, 0.25) is 0 Å². The predicted molar refractivity (Wildman–Crippen MR) is 64.2 cm³/mol. The summed E-state index contributed by atoms with van der Waals surface area (Å²) >= 11 is 0. The maximum absolute atomic E-state index is 12.6. The van der Waals surface area contributed by atoms with Gasteiger partial charge in [0, 0.05) is 7.11 Å². The summed E-state index contributed by atoms with van der Waals surface area (Å²) in [6, 6.07) is 4.49. The SMILES string of the molecule is COCCOCC(NN)c1cccc(C(F)(F)F)c1. The molecule has 1 unspecified atom stereocenters. The van der Waals surface area contributed by atoms with Crippen molar-refractivity contribution in [3.05, 3.63) is 35.4 Å². The van der Waals surface area contributed by atoms with Crippen LogP contribution in [0.3, 0.4) is 0 Å². The molecule has 0 spiro atoms. The maximum atomic E-state index is 12.6. The van der Waals surface area contributed by atoms with E-state index in [4.69, 9.17) is 15.3 Å². The molecule has 0 aromatic heterocycles. The van der Waals surface area contributed by atoms with Gasteiger partial charge in [-0.25, -0.2) is 0 Å². The van der Waals surface area contributed by atoms with Crippen molar-refractivity contribution >= 4 is 0 Å². The summed E-state index contributed by atoms with van der Waals surface area (Å²) in [5.74, 6) is 5.34. The van der Waals surface area contributed by atoms with E-state index in [9.17, 15) is 13.2 Å². The van der Waals surface area contributed by atoms with Gasteiger partial charge in [-0.15, -0.1) is 0 Å². The summed E-state index contributed by atoms with van der Waals surface area (Å²) in [7, 11) is 1.54. The van der Waals surface area contributed by atoms with Gasteiger partial charge in [-0.3, -0.25) is 11.3 Å². The molecule has 4 nitrogen and oxygen atoms in total. The quantitative estimate of drug-likeness (QED) is 0.454. The maximum Gasteiger partial charge on any atom is 0.416 e. The number of rotatable bonds is 7. The molecule has 0 saturated carbocycles. The fourth-order valence-electron chi connectivity index (χ4n) is 1.52. The van der Waals surface area contributed by atoms with Gasteiger partial charge >= 0.3 is 6.18 Å². The Hall–Kier alpha value is -1.15. The number of alkyl halides is 3. The van der Waals surface area contributed by atoms with Gasteiger partial charge < -0.3 is 9.47 Å². The number of nitrogens with one attached hydrogen (secondary N) is 1. The van der Waals surface area contributed by atoms with Crippen molar-refractivity contribution in [1.82, 2.24) is 5.43 Å². The van der Waals surface area contributed by atoms with Crippen molar-refractivity contribution in [3.63, 3.8) is 0 Å². The number of benzene rings is 1. The van der Waals surface area contributed by atoms with Crippen LogP contribution >= 0.6 is 0 Å². The molecule has 3 N–H and O–H groups in total. The largest absolute Gasteiger partial charge is 0.416 e. The normalized spacial score (nSPS) is 13.5.